The number of rotatable bonds is 11. The van der Waals surface area contributed by atoms with E-state index in [2.05, 4.69) is 5.32 Å². The highest BCUT2D eigenvalue weighted by Crippen LogP contribution is 2.60. The molecule has 0 spiro atoms. The molecule has 15 nitrogen and oxygen atoms in total. The van der Waals surface area contributed by atoms with Gasteiger partial charge >= 0.3 is 24.0 Å². The predicted octanol–water partition coefficient (Wildman–Crippen LogP) is 4.81. The topological polar surface area (TPSA) is 202 Å². The van der Waals surface area contributed by atoms with Gasteiger partial charge in [-0.15, -0.1) is 0 Å². The van der Waals surface area contributed by atoms with Crippen LogP contribution < -0.4 is 5.32 Å². The van der Waals surface area contributed by atoms with E-state index in [1.807, 2.05) is 0 Å². The summed E-state index contributed by atoms with van der Waals surface area (Å²) in [4.78, 5) is 69.8. The Morgan fingerprint density at radius 3 is 2.08 bits per heavy atom. The first-order valence-electron chi connectivity index (χ1n) is 20.1. The number of esters is 3. The van der Waals surface area contributed by atoms with E-state index in [0.717, 1.165) is 0 Å². The van der Waals surface area contributed by atoms with Gasteiger partial charge in [0.2, 0.25) is 0 Å². The molecule has 1 saturated heterocycles. The molecule has 5 rings (SSSR count). The van der Waals surface area contributed by atoms with Crippen molar-refractivity contribution in [3.05, 3.63) is 83.4 Å². The minimum atomic E-state index is -2.17. The molecule has 15 heteroatoms. The molecule has 0 bridgehead atoms. The lowest BCUT2D eigenvalue weighted by Gasteiger charge is -2.65. The molecule has 0 radical (unpaired) electrons. The molecule has 328 valence electrons. The number of ether oxygens (including phenoxy) is 7. The fourth-order valence-electron chi connectivity index (χ4n) is 8.90. The van der Waals surface area contributed by atoms with Gasteiger partial charge in [-0.05, 0) is 69.9 Å². The van der Waals surface area contributed by atoms with Crippen LogP contribution in [0.15, 0.2) is 72.3 Å². The monoisotopic (exact) mass is 837 g/mol. The number of hydrogen-bond donors (Lipinski definition) is 3. The van der Waals surface area contributed by atoms with Crippen molar-refractivity contribution < 1.29 is 67.3 Å². The second kappa shape index (κ2) is 18.1. The summed E-state index contributed by atoms with van der Waals surface area (Å²) in [6, 6.07) is 15.0. The molecule has 1 saturated carbocycles. The van der Waals surface area contributed by atoms with Crippen LogP contribution in [0.3, 0.4) is 0 Å². The van der Waals surface area contributed by atoms with Gasteiger partial charge in [-0.2, -0.15) is 0 Å². The lowest BCUT2D eigenvalue weighted by atomic mass is 9.49. The van der Waals surface area contributed by atoms with Crippen LogP contribution in [0, 0.1) is 17.3 Å². The first kappa shape index (κ1) is 46.4. The van der Waals surface area contributed by atoms with Crippen molar-refractivity contribution in [3.63, 3.8) is 0 Å². The van der Waals surface area contributed by atoms with Gasteiger partial charge in [0.1, 0.15) is 35.6 Å². The van der Waals surface area contributed by atoms with Crippen LogP contribution in [0.2, 0.25) is 0 Å². The molecule has 11 atom stereocenters. The van der Waals surface area contributed by atoms with E-state index < -0.39 is 113 Å². The number of fused-ring (bicyclic) bond motifs is 3. The van der Waals surface area contributed by atoms with Crippen molar-refractivity contribution in [2.24, 2.45) is 17.3 Å². The smallest absolute Gasteiger partial charge is 0.408 e. The van der Waals surface area contributed by atoms with Crippen molar-refractivity contribution in [1.29, 1.82) is 0 Å². The first-order chi connectivity index (χ1) is 28.1. The van der Waals surface area contributed by atoms with E-state index in [9.17, 15) is 29.4 Å². The van der Waals surface area contributed by atoms with Gasteiger partial charge in [0.05, 0.1) is 35.6 Å². The second-order valence-corrected chi connectivity index (χ2v) is 17.4. The van der Waals surface area contributed by atoms with E-state index in [4.69, 9.17) is 33.2 Å². The normalized spacial score (nSPS) is 31.5. The molecule has 3 N–H and O–H groups in total. The first-order valence-corrected chi connectivity index (χ1v) is 20.1. The largest absolute Gasteiger partial charge is 0.456 e. The molecule has 3 aliphatic rings. The zero-order chi connectivity index (χ0) is 44.4. The zero-order valence-corrected chi connectivity index (χ0v) is 36.0. The molecule has 2 aliphatic carbocycles. The summed E-state index contributed by atoms with van der Waals surface area (Å²) in [5, 5.41) is 27.6. The molecule has 1 heterocycles. The lowest BCUT2D eigenvalue weighted by molar-refractivity contribution is -0.343. The Hall–Kier alpha value is -4.67. The summed E-state index contributed by atoms with van der Waals surface area (Å²) in [5.74, 6) is -5.41. The molecule has 1 amide bonds. The van der Waals surface area contributed by atoms with E-state index in [-0.39, 0.29) is 24.2 Å². The molecule has 1 aliphatic heterocycles. The summed E-state index contributed by atoms with van der Waals surface area (Å²) >= 11 is 0. The van der Waals surface area contributed by atoms with E-state index in [0.29, 0.717) is 5.56 Å². The maximum absolute atomic E-state index is 15.3. The zero-order valence-electron chi connectivity index (χ0n) is 36.0. The van der Waals surface area contributed by atoms with Crippen LogP contribution in [-0.2, 0) is 47.5 Å². The third-order valence-electron chi connectivity index (χ3n) is 12.1. The number of aliphatic hydroxyl groups is 2. The van der Waals surface area contributed by atoms with Crippen LogP contribution in [-0.4, -0.2) is 114 Å². The average molecular weight is 838 g/mol. The van der Waals surface area contributed by atoms with Crippen molar-refractivity contribution >= 4 is 29.8 Å². The van der Waals surface area contributed by atoms with Crippen molar-refractivity contribution in [2.45, 2.75) is 128 Å². The van der Waals surface area contributed by atoms with E-state index >= 15 is 4.79 Å². The molecule has 60 heavy (non-hydrogen) atoms. The van der Waals surface area contributed by atoms with Crippen LogP contribution in [0.5, 0.6) is 0 Å². The summed E-state index contributed by atoms with van der Waals surface area (Å²) in [7, 11) is 2.76. The predicted molar refractivity (Wildman–Crippen MR) is 215 cm³/mol. The van der Waals surface area contributed by atoms with Gasteiger partial charge in [-0.3, -0.25) is 9.59 Å². The molecular formula is C45H59NO14. The highest BCUT2D eigenvalue weighted by Gasteiger charge is 2.75. The van der Waals surface area contributed by atoms with Gasteiger partial charge in [-0.1, -0.05) is 62.4 Å². The minimum absolute atomic E-state index is 0.110. The Morgan fingerprint density at radius 1 is 0.950 bits per heavy atom. The van der Waals surface area contributed by atoms with E-state index in [1.54, 1.807) is 97.0 Å². The number of amides is 1. The number of carbonyl (C=O) groups excluding carboxylic acids is 5. The van der Waals surface area contributed by atoms with E-state index in [1.165, 1.54) is 39.4 Å². The maximum atomic E-state index is 15.3. The SMILES string of the molecule is COC1C=C(C)C(OC(=O)C(O)C(NC(=O)OC(C)(C)C)c2ccccc2)CC(O)(C(C)C)C(OC(=O)c2ccccc2)C2C3(OC(C)=O)COC3CC(OC)C2(C)C1=O. The summed E-state index contributed by atoms with van der Waals surface area (Å²) in [6.45, 7) is 12.6. The Morgan fingerprint density at radius 2 is 1.57 bits per heavy atom. The highest BCUT2D eigenvalue weighted by molar-refractivity contribution is 5.92. The van der Waals surface area contributed by atoms with Gasteiger partial charge in [-0.25, -0.2) is 14.4 Å². The standard InChI is InChI=1S/C45H59NO14/c1-25(2)44(53)23-31(57-40(51)35(48)34(28-17-13-11-14-18-28)46-41(52)60-42(5,6)7)26(3)21-30(54-9)37(49)43(8)32(55-10)22-33-45(24-56-33,59-27(4)47)36(43)38(44)58-39(50)29-19-15-12-16-20-29/h11-21,25,30-36,38,48,53H,22-24H2,1-10H3,(H,46,52). The number of aliphatic hydroxyl groups excluding tert-OH is 1. The molecule has 2 aromatic carbocycles. The fraction of sp³-hybridized carbons (Fsp3) is 0.578. The lowest BCUT2D eigenvalue weighted by Crippen LogP contribution is -2.80. The molecule has 11 unspecified atom stereocenters. The van der Waals surface area contributed by atoms with Gasteiger partial charge in [0.15, 0.2) is 17.5 Å². The average Bonchev–Trinajstić information content (AvgIpc) is 3.18. The van der Waals surface area contributed by atoms with Crippen molar-refractivity contribution in [2.75, 3.05) is 20.8 Å². The second-order valence-electron chi connectivity index (χ2n) is 17.4. The Labute approximate surface area is 351 Å². The summed E-state index contributed by atoms with van der Waals surface area (Å²) in [5.41, 5.74) is -5.60. The van der Waals surface area contributed by atoms with Crippen LogP contribution in [0.1, 0.15) is 90.2 Å². The Kier molecular flexibility index (Phi) is 14.0. The molecular weight excluding hydrogens is 778 g/mol. The highest BCUT2D eigenvalue weighted by atomic mass is 16.6. The molecule has 2 aromatic rings. The Bertz CT molecular complexity index is 1910. The van der Waals surface area contributed by atoms with Crippen LogP contribution in [0.4, 0.5) is 4.79 Å². The van der Waals surface area contributed by atoms with Crippen molar-refractivity contribution in [1.82, 2.24) is 5.32 Å². The summed E-state index contributed by atoms with van der Waals surface area (Å²) < 4.78 is 42.0. The van der Waals surface area contributed by atoms with Crippen molar-refractivity contribution in [3.8, 4) is 0 Å². The number of nitrogens with one attached hydrogen (secondary N) is 1. The Balaban J connectivity index is 1.69. The van der Waals surface area contributed by atoms with Gasteiger partial charge < -0.3 is 48.7 Å². The fourth-order valence-corrected chi connectivity index (χ4v) is 8.90. The van der Waals surface area contributed by atoms with Crippen LogP contribution >= 0.6 is 0 Å². The molecule has 0 aromatic heterocycles. The number of Topliss-reactive ketones (excluding diaryl/α,β-unsaturated/α-hetero) is 1. The van der Waals surface area contributed by atoms with Gasteiger partial charge in [0.25, 0.3) is 0 Å². The maximum Gasteiger partial charge on any atom is 0.408 e. The number of alkyl carbamates (subject to hydrolysis) is 1. The third-order valence-corrected chi connectivity index (χ3v) is 12.1. The quantitative estimate of drug-likeness (QED) is 0.158. The number of ketones is 1. The third kappa shape index (κ3) is 9.15. The number of benzene rings is 2. The number of methoxy groups -OCH3 is 2. The minimum Gasteiger partial charge on any atom is -0.456 e. The van der Waals surface area contributed by atoms with Crippen LogP contribution in [0.25, 0.3) is 0 Å². The number of carbonyl (C=O) groups is 5. The van der Waals surface area contributed by atoms with Gasteiger partial charge in [0, 0.05) is 34.0 Å². The summed E-state index contributed by atoms with van der Waals surface area (Å²) in [6.07, 6.45) is -7.92. The molecule has 2 fully saturated rings. The number of hydrogen-bond acceptors (Lipinski definition) is 14.